The van der Waals surface area contributed by atoms with Gasteiger partial charge in [0.05, 0.1) is 33.8 Å². The van der Waals surface area contributed by atoms with Crippen molar-refractivity contribution in [3.63, 3.8) is 0 Å². The van der Waals surface area contributed by atoms with Crippen LogP contribution in [-0.2, 0) is 12.6 Å². The van der Waals surface area contributed by atoms with E-state index in [2.05, 4.69) is 4.98 Å². The molecule has 1 heterocycles. The second-order valence-electron chi connectivity index (χ2n) is 4.30. The lowest BCUT2D eigenvalue weighted by Crippen LogP contribution is -2.10. The summed E-state index contributed by atoms with van der Waals surface area (Å²) in [5, 5.41) is 9.32. The number of benzene rings is 1. The average molecular weight is 366 g/mol. The van der Waals surface area contributed by atoms with Crippen molar-refractivity contribution in [2.45, 2.75) is 12.6 Å². The molecule has 0 saturated carbocycles. The van der Waals surface area contributed by atoms with Gasteiger partial charge in [-0.25, -0.2) is 0 Å². The summed E-state index contributed by atoms with van der Waals surface area (Å²) in [7, 11) is 0. The molecule has 0 radical (unpaired) electrons. The van der Waals surface area contributed by atoms with E-state index in [1.54, 1.807) is 6.07 Å². The first-order valence-corrected chi connectivity index (χ1v) is 6.95. The summed E-state index contributed by atoms with van der Waals surface area (Å²) in [6.07, 6.45) is -4.33. The molecular formula is C14H6Cl3F3N2. The molecule has 0 bridgehead atoms. The van der Waals surface area contributed by atoms with Crippen LogP contribution in [0, 0.1) is 11.3 Å². The minimum absolute atomic E-state index is 0.143. The molecule has 0 aliphatic heterocycles. The van der Waals surface area contributed by atoms with E-state index < -0.39 is 18.2 Å². The Balaban J connectivity index is 2.65. The molecule has 1 aromatic heterocycles. The first kappa shape index (κ1) is 16.9. The quantitative estimate of drug-likeness (QED) is 0.675. The number of rotatable bonds is 2. The largest absolute Gasteiger partial charge is 0.418 e. The lowest BCUT2D eigenvalue weighted by molar-refractivity contribution is -0.138. The molecule has 0 fully saturated rings. The molecular weight excluding hydrogens is 360 g/mol. The van der Waals surface area contributed by atoms with E-state index in [-0.39, 0.29) is 26.9 Å². The number of aromatic nitrogens is 1. The summed E-state index contributed by atoms with van der Waals surface area (Å²) in [4.78, 5) is 3.77. The smallest absolute Gasteiger partial charge is 0.256 e. The van der Waals surface area contributed by atoms with E-state index in [0.717, 1.165) is 6.07 Å². The van der Waals surface area contributed by atoms with Crippen LogP contribution in [0.5, 0.6) is 0 Å². The van der Waals surface area contributed by atoms with Gasteiger partial charge in [-0.05, 0) is 23.8 Å². The van der Waals surface area contributed by atoms with E-state index in [0.29, 0.717) is 11.2 Å². The van der Waals surface area contributed by atoms with Crippen molar-refractivity contribution in [1.82, 2.24) is 4.98 Å². The van der Waals surface area contributed by atoms with Gasteiger partial charge in [0.2, 0.25) is 0 Å². The Morgan fingerprint density at radius 2 is 1.68 bits per heavy atom. The van der Waals surface area contributed by atoms with Crippen LogP contribution >= 0.6 is 34.8 Å². The van der Waals surface area contributed by atoms with Gasteiger partial charge >= 0.3 is 6.18 Å². The van der Waals surface area contributed by atoms with Gasteiger partial charge in [0.1, 0.15) is 0 Å². The monoisotopic (exact) mass is 364 g/mol. The minimum atomic E-state index is -4.59. The van der Waals surface area contributed by atoms with Crippen molar-refractivity contribution >= 4 is 34.8 Å². The molecule has 8 heteroatoms. The molecule has 114 valence electrons. The maximum absolute atomic E-state index is 12.9. The highest BCUT2D eigenvalue weighted by Crippen LogP contribution is 2.38. The van der Waals surface area contributed by atoms with E-state index in [1.165, 1.54) is 12.1 Å². The van der Waals surface area contributed by atoms with Gasteiger partial charge in [-0.3, -0.25) is 4.98 Å². The van der Waals surface area contributed by atoms with Crippen LogP contribution in [0.2, 0.25) is 15.1 Å². The first-order valence-electron chi connectivity index (χ1n) is 5.82. The first-order chi connectivity index (χ1) is 10.2. The van der Waals surface area contributed by atoms with Gasteiger partial charge in [-0.1, -0.05) is 34.8 Å². The van der Waals surface area contributed by atoms with Gasteiger partial charge in [0, 0.05) is 16.8 Å². The minimum Gasteiger partial charge on any atom is -0.256 e. The molecule has 0 aliphatic rings. The number of nitriles is 1. The number of alkyl halides is 3. The highest BCUT2D eigenvalue weighted by atomic mass is 35.5. The molecule has 2 aromatic rings. The maximum Gasteiger partial charge on any atom is 0.418 e. The third kappa shape index (κ3) is 3.46. The lowest BCUT2D eigenvalue weighted by Gasteiger charge is -2.13. The van der Waals surface area contributed by atoms with Gasteiger partial charge in [0.15, 0.2) is 0 Å². The van der Waals surface area contributed by atoms with Gasteiger partial charge < -0.3 is 0 Å². The van der Waals surface area contributed by atoms with Crippen LogP contribution in [0.3, 0.4) is 0 Å². The summed E-state index contributed by atoms with van der Waals surface area (Å²) >= 11 is 17.9. The Bertz CT molecular complexity index is 744. The number of nitrogens with zero attached hydrogens (tertiary/aromatic N) is 2. The van der Waals surface area contributed by atoms with Crippen LogP contribution in [0.1, 0.15) is 11.1 Å². The van der Waals surface area contributed by atoms with Gasteiger partial charge in [0.25, 0.3) is 0 Å². The summed E-state index contributed by atoms with van der Waals surface area (Å²) < 4.78 is 38.7. The molecule has 0 atom stereocenters. The summed E-state index contributed by atoms with van der Waals surface area (Å²) in [5.41, 5.74) is -0.744. The fourth-order valence-electron chi connectivity index (χ4n) is 1.91. The van der Waals surface area contributed by atoms with E-state index in [1.807, 2.05) is 0 Å². The van der Waals surface area contributed by atoms with E-state index >= 15 is 0 Å². The van der Waals surface area contributed by atoms with Crippen molar-refractivity contribution in [2.75, 3.05) is 0 Å². The Morgan fingerprint density at radius 1 is 1.09 bits per heavy atom. The zero-order valence-corrected chi connectivity index (χ0v) is 12.9. The Kier molecular flexibility index (Phi) is 4.86. The number of pyridine rings is 1. The fourth-order valence-corrected chi connectivity index (χ4v) is 2.92. The van der Waals surface area contributed by atoms with Crippen LogP contribution < -0.4 is 0 Å². The molecule has 0 amide bonds. The molecule has 2 rings (SSSR count). The number of hydrogen-bond donors (Lipinski definition) is 0. The number of hydrogen-bond acceptors (Lipinski definition) is 2. The van der Waals surface area contributed by atoms with E-state index in [4.69, 9.17) is 40.1 Å². The summed E-state index contributed by atoms with van der Waals surface area (Å²) in [6.45, 7) is 0. The van der Waals surface area contributed by atoms with Crippen LogP contribution in [0.4, 0.5) is 13.2 Å². The molecule has 0 unspecified atom stereocenters. The fraction of sp³-hybridized carbons (Fsp3) is 0.143. The zero-order valence-electron chi connectivity index (χ0n) is 10.7. The Hall–Kier alpha value is -1.48. The average Bonchev–Trinajstić information content (AvgIpc) is 2.36. The second-order valence-corrected chi connectivity index (χ2v) is 5.55. The molecule has 22 heavy (non-hydrogen) atoms. The van der Waals surface area contributed by atoms with Crippen LogP contribution in [0.15, 0.2) is 24.4 Å². The van der Waals surface area contributed by atoms with Gasteiger partial charge in [-0.2, -0.15) is 18.4 Å². The van der Waals surface area contributed by atoms with E-state index in [9.17, 15) is 13.2 Å². The van der Waals surface area contributed by atoms with Crippen LogP contribution in [-0.4, -0.2) is 4.98 Å². The molecule has 0 spiro atoms. The topological polar surface area (TPSA) is 36.7 Å². The van der Waals surface area contributed by atoms with Crippen molar-refractivity contribution in [2.24, 2.45) is 0 Å². The molecule has 0 N–H and O–H groups in total. The SMILES string of the molecule is N#CCc1cc(-c2c(Cl)cc(Cl)cc2Cl)ncc1C(F)(F)F. The highest BCUT2D eigenvalue weighted by molar-refractivity contribution is 6.41. The molecule has 2 nitrogen and oxygen atoms in total. The normalized spacial score (nSPS) is 11.3. The third-order valence-electron chi connectivity index (χ3n) is 2.83. The zero-order chi connectivity index (χ0) is 16.5. The standard InChI is InChI=1S/C14H6Cl3F3N2/c15-8-4-10(16)13(11(17)5-8)12-3-7(1-2-21)9(6-22-12)14(18,19)20/h3-6H,1H2. The second kappa shape index (κ2) is 6.33. The molecule has 0 aliphatic carbocycles. The van der Waals surface area contributed by atoms with Crippen molar-refractivity contribution in [3.05, 3.63) is 50.6 Å². The summed E-state index contributed by atoms with van der Waals surface area (Å²) in [5.74, 6) is 0. The Morgan fingerprint density at radius 3 is 2.18 bits per heavy atom. The highest BCUT2D eigenvalue weighted by Gasteiger charge is 2.34. The lowest BCUT2D eigenvalue weighted by atomic mass is 10.0. The number of halogens is 6. The predicted molar refractivity (Wildman–Crippen MR) is 79.0 cm³/mol. The van der Waals surface area contributed by atoms with Crippen molar-refractivity contribution < 1.29 is 13.2 Å². The van der Waals surface area contributed by atoms with Crippen molar-refractivity contribution in [1.29, 1.82) is 5.26 Å². The predicted octanol–water partition coefficient (Wildman–Crippen LogP) is 5.79. The maximum atomic E-state index is 12.9. The molecule has 0 saturated heterocycles. The Labute approximate surface area is 139 Å². The van der Waals surface area contributed by atoms with Crippen LogP contribution in [0.25, 0.3) is 11.3 Å². The summed E-state index contributed by atoms with van der Waals surface area (Å²) in [6, 6.07) is 5.68. The molecule has 1 aromatic carbocycles. The van der Waals surface area contributed by atoms with Crippen molar-refractivity contribution in [3.8, 4) is 17.3 Å². The van der Waals surface area contributed by atoms with Gasteiger partial charge in [-0.15, -0.1) is 0 Å². The third-order valence-corrected chi connectivity index (χ3v) is 3.64.